The third kappa shape index (κ3) is 3.06. The zero-order valence-corrected chi connectivity index (χ0v) is 10.6. The molecule has 1 heterocycles. The molecule has 17 heavy (non-hydrogen) atoms. The van der Waals surface area contributed by atoms with Crippen LogP contribution in [0.5, 0.6) is 0 Å². The van der Waals surface area contributed by atoms with Crippen molar-refractivity contribution in [1.82, 2.24) is 4.31 Å². The van der Waals surface area contributed by atoms with Gasteiger partial charge in [0.2, 0.25) is 10.0 Å². The lowest BCUT2D eigenvalue weighted by Gasteiger charge is -2.31. The lowest BCUT2D eigenvalue weighted by Crippen LogP contribution is -2.48. The Hall–Kier alpha value is -0.910. The fourth-order valence-corrected chi connectivity index (χ4v) is 3.85. The lowest BCUT2D eigenvalue weighted by atomic mass is 10.1. The largest absolute Gasteiger partial charge is 0.315 e. The van der Waals surface area contributed by atoms with Crippen LogP contribution in [-0.2, 0) is 15.8 Å². The number of nitrogens with zero attached hydrogens (tertiary/aromatic N) is 1. The van der Waals surface area contributed by atoms with E-state index in [2.05, 4.69) is 0 Å². The molecule has 1 fully saturated rings. The number of nitrogens with two attached hydrogens (primary N) is 1. The molecule has 1 aliphatic rings. The van der Waals surface area contributed by atoms with Crippen molar-refractivity contribution in [2.45, 2.75) is 31.2 Å². The molecule has 0 bridgehead atoms. The summed E-state index contributed by atoms with van der Waals surface area (Å²) >= 11 is 0. The minimum Gasteiger partial charge on any atom is -0.315 e. The number of hydrogen-bond acceptors (Lipinski definition) is 3. The van der Waals surface area contributed by atoms with Gasteiger partial charge in [-0.2, -0.15) is 4.31 Å². The molecule has 1 aliphatic heterocycles. The van der Waals surface area contributed by atoms with Gasteiger partial charge in [0.15, 0.2) is 0 Å². The van der Waals surface area contributed by atoms with E-state index >= 15 is 0 Å². The highest BCUT2D eigenvalue weighted by molar-refractivity contribution is 7.88. The number of hydrogen-bond donors (Lipinski definition) is 1. The van der Waals surface area contributed by atoms with E-state index in [-0.39, 0.29) is 11.9 Å². The second-order valence-electron chi connectivity index (χ2n) is 4.42. The van der Waals surface area contributed by atoms with Gasteiger partial charge in [-0.25, -0.2) is 8.42 Å². The first-order valence-electron chi connectivity index (χ1n) is 5.88. The maximum Gasteiger partial charge on any atom is 0.219 e. The van der Waals surface area contributed by atoms with Crippen molar-refractivity contribution in [3.8, 4) is 0 Å². The predicted molar refractivity (Wildman–Crippen MR) is 67.6 cm³/mol. The van der Waals surface area contributed by atoms with Crippen molar-refractivity contribution in [3.05, 3.63) is 35.9 Å². The maximum atomic E-state index is 12.2. The molecule has 2 rings (SSSR count). The molecule has 0 spiro atoms. The Bertz CT molecular complexity index is 459. The summed E-state index contributed by atoms with van der Waals surface area (Å²) in [5.41, 5.74) is 6.68. The van der Waals surface area contributed by atoms with Crippen LogP contribution in [0.15, 0.2) is 30.3 Å². The van der Waals surface area contributed by atoms with E-state index in [1.165, 1.54) is 4.31 Å². The molecular weight excluding hydrogens is 236 g/mol. The predicted octanol–water partition coefficient (Wildman–Crippen LogP) is 1.29. The minimum atomic E-state index is -3.28. The quantitative estimate of drug-likeness (QED) is 0.884. The van der Waals surface area contributed by atoms with E-state index < -0.39 is 10.0 Å². The van der Waals surface area contributed by atoms with Gasteiger partial charge in [-0.3, -0.25) is 0 Å². The van der Waals surface area contributed by atoms with Crippen molar-refractivity contribution >= 4 is 10.0 Å². The Morgan fingerprint density at radius 1 is 1.24 bits per heavy atom. The Balaban J connectivity index is 2.13. The van der Waals surface area contributed by atoms with Gasteiger partial charge in [-0.15, -0.1) is 0 Å². The summed E-state index contributed by atoms with van der Waals surface area (Å²) in [5.74, 6) is 0.0432. The Morgan fingerprint density at radius 2 is 1.94 bits per heavy atom. The number of rotatable bonds is 3. The molecule has 1 saturated heterocycles. The molecule has 5 heteroatoms. The SMILES string of the molecule is NC1CCCCN1S(=O)(=O)Cc1ccccc1. The zero-order valence-electron chi connectivity index (χ0n) is 9.75. The van der Waals surface area contributed by atoms with Crippen molar-refractivity contribution in [2.75, 3.05) is 6.54 Å². The molecule has 4 nitrogen and oxygen atoms in total. The first kappa shape index (κ1) is 12.5. The average molecular weight is 254 g/mol. The van der Waals surface area contributed by atoms with Crippen molar-refractivity contribution in [1.29, 1.82) is 0 Å². The normalized spacial score (nSPS) is 22.5. The van der Waals surface area contributed by atoms with E-state index in [0.717, 1.165) is 24.8 Å². The number of benzene rings is 1. The van der Waals surface area contributed by atoms with E-state index in [1.54, 1.807) is 0 Å². The van der Waals surface area contributed by atoms with Gasteiger partial charge < -0.3 is 5.73 Å². The summed E-state index contributed by atoms with van der Waals surface area (Å²) in [6, 6.07) is 9.23. The first-order valence-corrected chi connectivity index (χ1v) is 7.49. The molecule has 0 radical (unpaired) electrons. The topological polar surface area (TPSA) is 63.4 Å². The fraction of sp³-hybridized carbons (Fsp3) is 0.500. The second-order valence-corrected chi connectivity index (χ2v) is 6.34. The Labute approximate surface area is 102 Å². The van der Waals surface area contributed by atoms with Crippen LogP contribution in [0.25, 0.3) is 0 Å². The van der Waals surface area contributed by atoms with Gasteiger partial charge in [0.05, 0.1) is 11.9 Å². The zero-order chi connectivity index (χ0) is 12.3. The highest BCUT2D eigenvalue weighted by Gasteiger charge is 2.29. The van der Waals surface area contributed by atoms with Gasteiger partial charge in [0, 0.05) is 6.54 Å². The molecule has 1 unspecified atom stereocenters. The molecule has 0 aromatic heterocycles. The molecule has 0 aliphatic carbocycles. The van der Waals surface area contributed by atoms with Crippen LogP contribution >= 0.6 is 0 Å². The van der Waals surface area contributed by atoms with Gasteiger partial charge in [0.25, 0.3) is 0 Å². The number of piperidine rings is 1. The first-order chi connectivity index (χ1) is 8.09. The van der Waals surface area contributed by atoms with Gasteiger partial charge in [-0.1, -0.05) is 30.3 Å². The van der Waals surface area contributed by atoms with Gasteiger partial charge >= 0.3 is 0 Å². The molecule has 1 aromatic carbocycles. The summed E-state index contributed by atoms with van der Waals surface area (Å²) in [6.07, 6.45) is 2.33. The summed E-state index contributed by atoms with van der Waals surface area (Å²) in [6.45, 7) is 0.552. The summed E-state index contributed by atoms with van der Waals surface area (Å²) in [4.78, 5) is 0. The third-order valence-electron chi connectivity index (χ3n) is 3.05. The maximum absolute atomic E-state index is 12.2. The number of sulfonamides is 1. The molecule has 0 saturated carbocycles. The smallest absolute Gasteiger partial charge is 0.219 e. The van der Waals surface area contributed by atoms with Crippen molar-refractivity contribution in [3.63, 3.8) is 0 Å². The van der Waals surface area contributed by atoms with E-state index in [4.69, 9.17) is 5.73 Å². The Morgan fingerprint density at radius 3 is 2.59 bits per heavy atom. The fourth-order valence-electron chi connectivity index (χ4n) is 2.14. The monoisotopic (exact) mass is 254 g/mol. The van der Waals surface area contributed by atoms with E-state index in [0.29, 0.717) is 6.54 Å². The molecule has 1 atom stereocenters. The van der Waals surface area contributed by atoms with Gasteiger partial charge in [-0.05, 0) is 24.8 Å². The molecule has 94 valence electrons. The van der Waals surface area contributed by atoms with Crippen LogP contribution in [0.3, 0.4) is 0 Å². The summed E-state index contributed by atoms with van der Waals surface area (Å²) in [5, 5.41) is 0. The van der Waals surface area contributed by atoms with Crippen molar-refractivity contribution in [2.24, 2.45) is 5.73 Å². The van der Waals surface area contributed by atoms with Gasteiger partial charge in [0.1, 0.15) is 0 Å². The van der Waals surface area contributed by atoms with Crippen LogP contribution in [0.4, 0.5) is 0 Å². The minimum absolute atomic E-state index is 0.0432. The lowest BCUT2D eigenvalue weighted by molar-refractivity contribution is 0.258. The van der Waals surface area contributed by atoms with Crippen LogP contribution in [0.2, 0.25) is 0 Å². The summed E-state index contributed by atoms with van der Waals surface area (Å²) in [7, 11) is -3.28. The third-order valence-corrected chi connectivity index (χ3v) is 4.91. The molecular formula is C12H18N2O2S. The average Bonchev–Trinajstić information content (AvgIpc) is 2.30. The van der Waals surface area contributed by atoms with Crippen molar-refractivity contribution < 1.29 is 8.42 Å². The highest BCUT2D eigenvalue weighted by atomic mass is 32.2. The van der Waals surface area contributed by atoms with Crippen LogP contribution in [0.1, 0.15) is 24.8 Å². The highest BCUT2D eigenvalue weighted by Crippen LogP contribution is 2.19. The molecule has 1 aromatic rings. The van der Waals surface area contributed by atoms with Crippen LogP contribution in [0, 0.1) is 0 Å². The van der Waals surface area contributed by atoms with Crippen LogP contribution in [-0.4, -0.2) is 25.4 Å². The van der Waals surface area contributed by atoms with E-state index in [9.17, 15) is 8.42 Å². The van der Waals surface area contributed by atoms with Crippen LogP contribution < -0.4 is 5.73 Å². The standard InChI is InChI=1S/C12H18N2O2S/c13-12-8-4-5-9-14(12)17(15,16)10-11-6-2-1-3-7-11/h1-3,6-7,12H,4-5,8-10,13H2. The molecule has 2 N–H and O–H groups in total. The summed E-state index contributed by atoms with van der Waals surface area (Å²) < 4.78 is 25.9. The van der Waals surface area contributed by atoms with E-state index in [1.807, 2.05) is 30.3 Å². The Kier molecular flexibility index (Phi) is 3.81. The molecule has 0 amide bonds. The second kappa shape index (κ2) is 5.16.